The van der Waals surface area contributed by atoms with Gasteiger partial charge in [0.1, 0.15) is 6.54 Å². The Hall–Kier alpha value is -3.18. The SMILES string of the molecule is C[C@H](C(=O)Nc1ccc(C(N)=O)cc1)[NH+](C)Cc1ccc2ccccc2c1. The summed E-state index contributed by atoms with van der Waals surface area (Å²) in [4.78, 5) is 24.8. The maximum atomic E-state index is 12.6. The second kappa shape index (κ2) is 8.01. The summed E-state index contributed by atoms with van der Waals surface area (Å²) in [6, 6.07) is 21.0. The van der Waals surface area contributed by atoms with E-state index in [1.165, 1.54) is 16.3 Å². The molecule has 5 heteroatoms. The average Bonchev–Trinajstić information content (AvgIpc) is 2.67. The zero-order chi connectivity index (χ0) is 19.4. The molecule has 0 fully saturated rings. The fraction of sp³-hybridized carbons (Fsp3) is 0.182. The number of carbonyl (C=O) groups excluding carboxylic acids is 2. The molecule has 0 saturated carbocycles. The zero-order valence-corrected chi connectivity index (χ0v) is 15.5. The molecular weight excluding hydrogens is 338 g/mol. The minimum absolute atomic E-state index is 0.0693. The van der Waals surface area contributed by atoms with Gasteiger partial charge in [-0.3, -0.25) is 9.59 Å². The number of fused-ring (bicyclic) bond motifs is 1. The highest BCUT2D eigenvalue weighted by Crippen LogP contribution is 2.15. The van der Waals surface area contributed by atoms with Gasteiger partial charge in [0.15, 0.2) is 6.04 Å². The number of quaternary nitrogens is 1. The van der Waals surface area contributed by atoms with Crippen LogP contribution in [0.4, 0.5) is 5.69 Å². The molecule has 27 heavy (non-hydrogen) atoms. The molecule has 138 valence electrons. The van der Waals surface area contributed by atoms with Gasteiger partial charge in [-0.05, 0) is 48.0 Å². The molecule has 0 bridgehead atoms. The van der Waals surface area contributed by atoms with Crippen molar-refractivity contribution in [3.63, 3.8) is 0 Å². The lowest BCUT2D eigenvalue weighted by Crippen LogP contribution is -3.12. The quantitative estimate of drug-likeness (QED) is 0.627. The van der Waals surface area contributed by atoms with E-state index in [2.05, 4.69) is 35.6 Å². The van der Waals surface area contributed by atoms with Crippen molar-refractivity contribution in [2.75, 3.05) is 12.4 Å². The Morgan fingerprint density at radius 2 is 1.67 bits per heavy atom. The molecular formula is C22H24N3O2+. The summed E-state index contributed by atoms with van der Waals surface area (Å²) in [5.74, 6) is -0.555. The highest BCUT2D eigenvalue weighted by atomic mass is 16.2. The number of anilines is 1. The number of primary amides is 1. The molecule has 2 atom stereocenters. The van der Waals surface area contributed by atoms with E-state index in [0.29, 0.717) is 11.3 Å². The molecule has 3 aromatic carbocycles. The van der Waals surface area contributed by atoms with Crippen LogP contribution in [0.25, 0.3) is 10.8 Å². The van der Waals surface area contributed by atoms with Gasteiger partial charge < -0.3 is 16.0 Å². The number of nitrogens with two attached hydrogens (primary N) is 1. The van der Waals surface area contributed by atoms with Gasteiger partial charge >= 0.3 is 0 Å². The van der Waals surface area contributed by atoms with E-state index >= 15 is 0 Å². The van der Waals surface area contributed by atoms with Crippen molar-refractivity contribution in [2.45, 2.75) is 19.5 Å². The van der Waals surface area contributed by atoms with Crippen LogP contribution < -0.4 is 16.0 Å². The van der Waals surface area contributed by atoms with Crippen LogP contribution in [0.3, 0.4) is 0 Å². The summed E-state index contributed by atoms with van der Waals surface area (Å²) in [5.41, 5.74) is 7.49. The van der Waals surface area contributed by atoms with Gasteiger partial charge in [0.05, 0.1) is 7.05 Å². The second-order valence-electron chi connectivity index (χ2n) is 6.86. The first kappa shape index (κ1) is 18.6. The first-order chi connectivity index (χ1) is 12.9. The van der Waals surface area contributed by atoms with Crippen LogP contribution >= 0.6 is 0 Å². The van der Waals surface area contributed by atoms with Crippen molar-refractivity contribution in [2.24, 2.45) is 5.73 Å². The third kappa shape index (κ3) is 4.51. The van der Waals surface area contributed by atoms with Crippen molar-refractivity contribution in [1.29, 1.82) is 0 Å². The normalized spacial score (nSPS) is 13.1. The molecule has 0 aromatic heterocycles. The van der Waals surface area contributed by atoms with Crippen molar-refractivity contribution in [1.82, 2.24) is 0 Å². The summed E-state index contributed by atoms with van der Waals surface area (Å²) in [6.07, 6.45) is 0. The molecule has 0 spiro atoms. The maximum Gasteiger partial charge on any atom is 0.282 e. The largest absolute Gasteiger partial charge is 0.366 e. The summed E-state index contributed by atoms with van der Waals surface area (Å²) in [5, 5.41) is 5.31. The minimum atomic E-state index is -0.485. The van der Waals surface area contributed by atoms with E-state index in [9.17, 15) is 9.59 Å². The number of hydrogen-bond acceptors (Lipinski definition) is 2. The Kier molecular flexibility index (Phi) is 5.52. The molecule has 0 radical (unpaired) electrons. The Labute approximate surface area is 158 Å². The number of hydrogen-bond donors (Lipinski definition) is 3. The molecule has 0 aliphatic rings. The van der Waals surface area contributed by atoms with Crippen LogP contribution in [-0.2, 0) is 11.3 Å². The molecule has 0 heterocycles. The first-order valence-electron chi connectivity index (χ1n) is 8.95. The lowest BCUT2D eigenvalue weighted by molar-refractivity contribution is -0.907. The second-order valence-corrected chi connectivity index (χ2v) is 6.86. The van der Waals surface area contributed by atoms with Gasteiger partial charge in [0, 0.05) is 16.8 Å². The Bertz CT molecular complexity index is 967. The summed E-state index contributed by atoms with van der Waals surface area (Å²) in [6.45, 7) is 2.66. The summed E-state index contributed by atoms with van der Waals surface area (Å²) in [7, 11) is 2.01. The number of likely N-dealkylation sites (N-methyl/N-ethyl adjacent to an activating group) is 1. The van der Waals surface area contributed by atoms with Gasteiger partial charge in [-0.15, -0.1) is 0 Å². The molecule has 1 unspecified atom stereocenters. The van der Waals surface area contributed by atoms with Crippen molar-refractivity contribution in [3.8, 4) is 0 Å². The van der Waals surface area contributed by atoms with Gasteiger partial charge in [-0.25, -0.2) is 0 Å². The van der Waals surface area contributed by atoms with E-state index in [1.54, 1.807) is 24.3 Å². The molecule has 4 N–H and O–H groups in total. The van der Waals surface area contributed by atoms with Crippen LogP contribution in [0.1, 0.15) is 22.8 Å². The van der Waals surface area contributed by atoms with E-state index in [0.717, 1.165) is 11.4 Å². The number of carbonyl (C=O) groups is 2. The monoisotopic (exact) mass is 362 g/mol. The fourth-order valence-electron chi connectivity index (χ4n) is 3.02. The third-order valence-electron chi connectivity index (χ3n) is 4.87. The molecule has 0 aliphatic heterocycles. The molecule has 3 rings (SSSR count). The van der Waals surface area contributed by atoms with Gasteiger partial charge in [-0.2, -0.15) is 0 Å². The topological polar surface area (TPSA) is 76.6 Å². The van der Waals surface area contributed by atoms with Crippen LogP contribution in [0, 0.1) is 0 Å². The number of amides is 2. The lowest BCUT2D eigenvalue weighted by atomic mass is 10.1. The van der Waals surface area contributed by atoms with Crippen LogP contribution in [0.2, 0.25) is 0 Å². The van der Waals surface area contributed by atoms with Crippen molar-refractivity contribution < 1.29 is 14.5 Å². The lowest BCUT2D eigenvalue weighted by Gasteiger charge is -2.21. The molecule has 0 aliphatic carbocycles. The number of nitrogens with one attached hydrogen (secondary N) is 2. The fourth-order valence-corrected chi connectivity index (χ4v) is 3.02. The van der Waals surface area contributed by atoms with E-state index in [-0.39, 0.29) is 11.9 Å². The van der Waals surface area contributed by atoms with Crippen LogP contribution in [0.15, 0.2) is 66.7 Å². The Balaban J connectivity index is 1.63. The molecule has 5 nitrogen and oxygen atoms in total. The average molecular weight is 362 g/mol. The molecule has 3 aromatic rings. The zero-order valence-electron chi connectivity index (χ0n) is 15.5. The summed E-state index contributed by atoms with van der Waals surface area (Å²) < 4.78 is 0. The molecule has 2 amide bonds. The molecule has 0 saturated heterocycles. The number of rotatable bonds is 6. The summed E-state index contributed by atoms with van der Waals surface area (Å²) >= 11 is 0. The van der Waals surface area contributed by atoms with E-state index in [4.69, 9.17) is 5.73 Å². The Morgan fingerprint density at radius 1 is 1.00 bits per heavy atom. The smallest absolute Gasteiger partial charge is 0.282 e. The van der Waals surface area contributed by atoms with E-state index in [1.807, 2.05) is 26.1 Å². The standard InChI is InChI=1S/C22H23N3O2/c1-15(22(27)24-20-11-9-18(10-12-20)21(23)26)25(2)14-16-7-8-17-5-3-4-6-19(17)13-16/h3-13,15H,14H2,1-2H3,(H2,23,26)(H,24,27)/p+1/t15-/m1/s1. The highest BCUT2D eigenvalue weighted by Gasteiger charge is 2.22. The highest BCUT2D eigenvalue weighted by molar-refractivity contribution is 5.96. The van der Waals surface area contributed by atoms with Crippen LogP contribution in [-0.4, -0.2) is 24.9 Å². The number of benzene rings is 3. The third-order valence-corrected chi connectivity index (χ3v) is 4.87. The van der Waals surface area contributed by atoms with Crippen molar-refractivity contribution >= 4 is 28.3 Å². The predicted octanol–water partition coefficient (Wildman–Crippen LogP) is 1.98. The van der Waals surface area contributed by atoms with E-state index < -0.39 is 5.91 Å². The Morgan fingerprint density at radius 3 is 2.33 bits per heavy atom. The van der Waals surface area contributed by atoms with Gasteiger partial charge in [-0.1, -0.05) is 36.4 Å². The van der Waals surface area contributed by atoms with Crippen molar-refractivity contribution in [3.05, 3.63) is 77.9 Å². The maximum absolute atomic E-state index is 12.6. The predicted molar refractivity (Wildman–Crippen MR) is 108 cm³/mol. The minimum Gasteiger partial charge on any atom is -0.366 e. The van der Waals surface area contributed by atoms with Gasteiger partial charge in [0.2, 0.25) is 5.91 Å². The van der Waals surface area contributed by atoms with Gasteiger partial charge in [0.25, 0.3) is 5.91 Å². The first-order valence-corrected chi connectivity index (χ1v) is 8.95. The van der Waals surface area contributed by atoms with Crippen LogP contribution in [0.5, 0.6) is 0 Å².